The molecule has 162 valence electrons. The van der Waals surface area contributed by atoms with Gasteiger partial charge < -0.3 is 14.8 Å². The van der Waals surface area contributed by atoms with E-state index in [2.05, 4.69) is 9.97 Å². The molecule has 8 heteroatoms. The number of aromatic amines is 1. The van der Waals surface area contributed by atoms with Crippen LogP contribution in [0.3, 0.4) is 0 Å². The molecule has 1 atom stereocenters. The lowest BCUT2D eigenvalue weighted by Crippen LogP contribution is -2.51. The van der Waals surface area contributed by atoms with Gasteiger partial charge in [-0.2, -0.15) is 13.2 Å². The first-order valence-electron chi connectivity index (χ1n) is 9.43. The average Bonchev–Trinajstić information content (AvgIpc) is 3.03. The first-order chi connectivity index (χ1) is 13.8. The van der Waals surface area contributed by atoms with E-state index in [1.807, 2.05) is 0 Å². The van der Waals surface area contributed by atoms with Gasteiger partial charge in [-0.15, -0.1) is 0 Å². The van der Waals surface area contributed by atoms with Crippen LogP contribution in [0.15, 0.2) is 36.4 Å². The van der Waals surface area contributed by atoms with E-state index < -0.39 is 35.9 Å². The quantitative estimate of drug-likeness (QED) is 0.533. The van der Waals surface area contributed by atoms with Crippen molar-refractivity contribution < 1.29 is 27.4 Å². The van der Waals surface area contributed by atoms with E-state index in [0.29, 0.717) is 28.0 Å². The zero-order valence-corrected chi connectivity index (χ0v) is 17.2. The summed E-state index contributed by atoms with van der Waals surface area (Å²) in [7, 11) is 1.45. The van der Waals surface area contributed by atoms with Gasteiger partial charge in [-0.3, -0.25) is 0 Å². The number of rotatable bonds is 6. The van der Waals surface area contributed by atoms with E-state index in [4.69, 9.17) is 4.74 Å². The second kappa shape index (κ2) is 7.58. The van der Waals surface area contributed by atoms with E-state index in [0.717, 1.165) is 0 Å². The van der Waals surface area contributed by atoms with Crippen molar-refractivity contribution in [2.45, 2.75) is 50.8 Å². The van der Waals surface area contributed by atoms with Crippen LogP contribution < -0.4 is 4.74 Å². The van der Waals surface area contributed by atoms with Crippen molar-refractivity contribution in [2.75, 3.05) is 7.11 Å². The van der Waals surface area contributed by atoms with Crippen LogP contribution in [-0.4, -0.2) is 34.0 Å². The number of hydrogen-bond acceptors (Lipinski definition) is 3. The van der Waals surface area contributed by atoms with Gasteiger partial charge >= 0.3 is 6.18 Å². The first kappa shape index (κ1) is 22.1. The number of pyridine rings is 1. The molecule has 0 spiro atoms. The molecule has 0 aliphatic carbocycles. The fourth-order valence-corrected chi connectivity index (χ4v) is 3.98. The summed E-state index contributed by atoms with van der Waals surface area (Å²) >= 11 is 0. The van der Waals surface area contributed by atoms with Crippen LogP contribution in [0.4, 0.5) is 17.6 Å². The van der Waals surface area contributed by atoms with Crippen LogP contribution in [0, 0.1) is 12.7 Å². The second-order valence-electron chi connectivity index (χ2n) is 8.31. The van der Waals surface area contributed by atoms with Crippen LogP contribution in [0.25, 0.3) is 11.0 Å². The van der Waals surface area contributed by atoms with Crippen LogP contribution in [0.5, 0.6) is 5.88 Å². The minimum atomic E-state index is -4.89. The third-order valence-electron chi connectivity index (χ3n) is 5.39. The maximum Gasteiger partial charge on any atom is 0.417 e. The van der Waals surface area contributed by atoms with Gasteiger partial charge in [-0.05, 0) is 54.2 Å². The summed E-state index contributed by atoms with van der Waals surface area (Å²) in [5, 5.41) is 10.8. The number of benzene rings is 1. The number of aromatic nitrogens is 2. The Morgan fingerprint density at radius 1 is 1.10 bits per heavy atom. The summed E-state index contributed by atoms with van der Waals surface area (Å²) in [5.41, 5.74) is -1.91. The van der Waals surface area contributed by atoms with E-state index >= 15 is 0 Å². The van der Waals surface area contributed by atoms with E-state index in [9.17, 15) is 22.7 Å². The number of aryl methyl sites for hydroxylation is 1. The maximum atomic E-state index is 14.0. The predicted molar refractivity (Wildman–Crippen MR) is 106 cm³/mol. The smallest absolute Gasteiger partial charge is 0.417 e. The normalized spacial score (nSPS) is 14.7. The predicted octanol–water partition coefficient (Wildman–Crippen LogP) is 5.22. The molecule has 2 heterocycles. The fourth-order valence-electron chi connectivity index (χ4n) is 3.98. The Balaban J connectivity index is 1.97. The number of ether oxygens (including phenoxy) is 1. The average molecular weight is 424 g/mol. The lowest BCUT2D eigenvalue weighted by molar-refractivity contribution is -0.266. The zero-order chi connectivity index (χ0) is 22.3. The molecular weight excluding hydrogens is 400 g/mol. The summed E-state index contributed by atoms with van der Waals surface area (Å²) in [6, 6.07) is 8.72. The summed E-state index contributed by atoms with van der Waals surface area (Å²) in [4.78, 5) is 7.07. The van der Waals surface area contributed by atoms with E-state index in [1.54, 1.807) is 32.9 Å². The standard InChI is InChI=1S/C22H24F4N2O2/c1-13-5-6-14(23)9-16(13)20(2,3)12-21(29,22(24,25)26)11-15-10-18-17(27-15)7-8-19(28-18)30-4/h5-10,27,29H,11-12H2,1-4H3. The molecule has 3 aromatic rings. The molecule has 0 radical (unpaired) electrons. The van der Waals surface area contributed by atoms with Crippen molar-refractivity contribution in [1.29, 1.82) is 0 Å². The molecule has 1 unspecified atom stereocenters. The van der Waals surface area contributed by atoms with Crippen LogP contribution in [-0.2, 0) is 11.8 Å². The van der Waals surface area contributed by atoms with Crippen molar-refractivity contribution in [1.82, 2.24) is 9.97 Å². The Kier molecular flexibility index (Phi) is 5.58. The number of hydrogen-bond donors (Lipinski definition) is 2. The van der Waals surface area contributed by atoms with Gasteiger partial charge in [0.05, 0.1) is 18.1 Å². The minimum absolute atomic E-state index is 0.192. The highest BCUT2D eigenvalue weighted by atomic mass is 19.4. The third-order valence-corrected chi connectivity index (χ3v) is 5.39. The number of nitrogens with zero attached hydrogens (tertiary/aromatic N) is 1. The molecule has 0 fully saturated rings. The Morgan fingerprint density at radius 3 is 2.43 bits per heavy atom. The zero-order valence-electron chi connectivity index (χ0n) is 17.2. The number of nitrogens with one attached hydrogen (secondary N) is 1. The van der Waals surface area contributed by atoms with Gasteiger partial charge in [-0.1, -0.05) is 19.9 Å². The largest absolute Gasteiger partial charge is 0.481 e. The van der Waals surface area contributed by atoms with Gasteiger partial charge in [0, 0.05) is 18.2 Å². The Bertz CT molecular complexity index is 1060. The third kappa shape index (κ3) is 4.28. The number of fused-ring (bicyclic) bond motifs is 1. The fraction of sp³-hybridized carbons (Fsp3) is 0.409. The van der Waals surface area contributed by atoms with Crippen LogP contribution in [0.1, 0.15) is 37.1 Å². The van der Waals surface area contributed by atoms with Gasteiger partial charge in [0.15, 0.2) is 5.60 Å². The molecule has 1 aromatic carbocycles. The van der Waals surface area contributed by atoms with Crippen molar-refractivity contribution in [3.8, 4) is 5.88 Å². The Hall–Kier alpha value is -2.61. The topological polar surface area (TPSA) is 58.1 Å². The van der Waals surface area contributed by atoms with E-state index in [-0.39, 0.29) is 5.69 Å². The molecule has 2 N–H and O–H groups in total. The number of aliphatic hydroxyl groups is 1. The Morgan fingerprint density at radius 2 is 1.80 bits per heavy atom. The second-order valence-corrected chi connectivity index (χ2v) is 8.31. The molecule has 0 saturated carbocycles. The van der Waals surface area contributed by atoms with Gasteiger partial charge in [0.2, 0.25) is 5.88 Å². The molecule has 0 bridgehead atoms. The van der Waals surface area contributed by atoms with Gasteiger partial charge in [0.25, 0.3) is 0 Å². The summed E-state index contributed by atoms with van der Waals surface area (Å²) in [6.45, 7) is 4.85. The Labute approximate surface area is 171 Å². The van der Waals surface area contributed by atoms with Gasteiger partial charge in [-0.25, -0.2) is 9.37 Å². The molecule has 30 heavy (non-hydrogen) atoms. The number of alkyl halides is 3. The van der Waals surface area contributed by atoms with Crippen molar-refractivity contribution in [3.05, 3.63) is 59.0 Å². The minimum Gasteiger partial charge on any atom is -0.481 e. The number of halogens is 4. The lowest BCUT2D eigenvalue weighted by atomic mass is 9.72. The first-order valence-corrected chi connectivity index (χ1v) is 9.43. The monoisotopic (exact) mass is 424 g/mol. The van der Waals surface area contributed by atoms with Crippen molar-refractivity contribution in [2.24, 2.45) is 0 Å². The van der Waals surface area contributed by atoms with Crippen LogP contribution in [0.2, 0.25) is 0 Å². The summed E-state index contributed by atoms with van der Waals surface area (Å²) in [5.74, 6) is -0.197. The number of methoxy groups -OCH3 is 1. The molecule has 2 aromatic heterocycles. The molecule has 0 aliphatic heterocycles. The lowest BCUT2D eigenvalue weighted by Gasteiger charge is -2.38. The van der Waals surface area contributed by atoms with Crippen molar-refractivity contribution >= 4 is 11.0 Å². The molecule has 0 saturated heterocycles. The summed E-state index contributed by atoms with van der Waals surface area (Å²) < 4.78 is 60.9. The summed E-state index contributed by atoms with van der Waals surface area (Å²) in [6.07, 6.45) is -6.22. The molecule has 0 amide bonds. The highest BCUT2D eigenvalue weighted by molar-refractivity contribution is 5.76. The SMILES string of the molecule is COc1ccc2[nH]c(CC(O)(CC(C)(C)c3cc(F)ccc3C)C(F)(F)F)cc2n1. The molecule has 4 nitrogen and oxygen atoms in total. The maximum absolute atomic E-state index is 14.0. The van der Waals surface area contributed by atoms with Gasteiger partial charge in [0.1, 0.15) is 5.82 Å². The van der Waals surface area contributed by atoms with Crippen LogP contribution >= 0.6 is 0 Å². The number of H-pyrrole nitrogens is 1. The van der Waals surface area contributed by atoms with Crippen molar-refractivity contribution in [3.63, 3.8) is 0 Å². The molecule has 0 aliphatic rings. The molecule has 3 rings (SSSR count). The highest BCUT2D eigenvalue weighted by Crippen LogP contribution is 2.43. The molecular formula is C22H24F4N2O2. The highest BCUT2D eigenvalue weighted by Gasteiger charge is 2.56. The van der Waals surface area contributed by atoms with E-state index in [1.165, 1.54) is 31.4 Å².